The summed E-state index contributed by atoms with van der Waals surface area (Å²) >= 11 is 2.32. The molecule has 4 rings (SSSR count). The minimum absolute atomic E-state index is 0.0300. The van der Waals surface area contributed by atoms with E-state index in [0.29, 0.717) is 64.2 Å². The van der Waals surface area contributed by atoms with Gasteiger partial charge in [-0.2, -0.15) is 0 Å². The Hall–Kier alpha value is -3.20. The summed E-state index contributed by atoms with van der Waals surface area (Å²) in [7, 11) is 14.1. The molecule has 0 aliphatic carbocycles. The molecule has 20 atom stereocenters. The maximum absolute atomic E-state index is 13.4. The molecule has 4 aliphatic rings. The molecule has 0 bridgehead atoms. The number of likely N-dealkylation sites (N-methyl/N-ethyl adjacent to an activating group) is 2. The molecular formula is C66H112IN5O16. The molecule has 0 spiro atoms. The van der Waals surface area contributed by atoms with E-state index >= 15 is 0 Å². The Morgan fingerprint density at radius 3 is 1.34 bits per heavy atom. The summed E-state index contributed by atoms with van der Waals surface area (Å²) in [6, 6.07) is -0.293. The van der Waals surface area contributed by atoms with Crippen LogP contribution >= 0.6 is 22.6 Å². The van der Waals surface area contributed by atoms with Gasteiger partial charge in [-0.05, 0) is 149 Å². The number of esters is 2. The molecule has 504 valence electrons. The van der Waals surface area contributed by atoms with Crippen molar-refractivity contribution >= 4 is 46.1 Å². The van der Waals surface area contributed by atoms with Crippen LogP contribution < -0.4 is 0 Å². The number of methoxy groups -OCH3 is 4. The van der Waals surface area contributed by atoms with E-state index in [-0.39, 0.29) is 121 Å². The predicted molar refractivity (Wildman–Crippen MR) is 347 cm³/mol. The number of rotatable bonds is 19. The van der Waals surface area contributed by atoms with Crippen molar-refractivity contribution in [3.8, 4) is 0 Å². The van der Waals surface area contributed by atoms with Crippen molar-refractivity contribution in [1.29, 1.82) is 0 Å². The van der Waals surface area contributed by atoms with E-state index < -0.39 is 55.7 Å². The largest absolute Gasteiger partial charge is 0.462 e. The van der Waals surface area contributed by atoms with Crippen LogP contribution in [0, 0.1) is 47.3 Å². The lowest BCUT2D eigenvalue weighted by Gasteiger charge is -2.44. The minimum Gasteiger partial charge on any atom is -0.462 e. The highest BCUT2D eigenvalue weighted by atomic mass is 127. The standard InChI is InChI=1S/C33H56INO8.C33H56N4O8/c1-10-28-25(19-34)15-20(2)11-13-27(36)22(4)16-24(18-30(39-8)40-9)32(21(3)12-14-29(37)42-28)43-33-31(38)26(35(6)7)17-23(5)41-33;1-10-28-25(19-35-36-34)15-20(2)11-13-27(38)22(4)16-24(18-30(41-8)42-9)32(21(3)12-14-29(39)44-28)45-33-31(40)26(37(6)7)17-23(5)43-33/h11,13,15,21-26,28,30-33,38H,10,12,14,16-19H2,1-9H3;11,13,15,21-26,28,30-33,40H,10,12,14,16-19H2,1-9H3/b2*13-11+,20-15+/t2*21-,22+,23?,24+,25+,26?,28+,31?,32+,33?/m00/s1. The van der Waals surface area contributed by atoms with Crippen molar-refractivity contribution in [2.45, 2.75) is 232 Å². The highest BCUT2D eigenvalue weighted by molar-refractivity contribution is 14.1. The molecule has 2 saturated heterocycles. The van der Waals surface area contributed by atoms with Crippen LogP contribution in [0.1, 0.15) is 146 Å². The van der Waals surface area contributed by atoms with Gasteiger partial charge in [0, 0.05) is 106 Å². The van der Waals surface area contributed by atoms with Crippen molar-refractivity contribution < 1.29 is 76.8 Å². The lowest BCUT2D eigenvalue weighted by atomic mass is 9.80. The summed E-state index contributed by atoms with van der Waals surface area (Å²) in [5, 5.41) is 26.4. The van der Waals surface area contributed by atoms with Crippen LogP contribution in [0.2, 0.25) is 0 Å². The maximum Gasteiger partial charge on any atom is 0.306 e. The second-order valence-electron chi connectivity index (χ2n) is 25.5. The van der Waals surface area contributed by atoms with Crippen molar-refractivity contribution in [2.75, 3.05) is 67.6 Å². The van der Waals surface area contributed by atoms with Crippen LogP contribution in [0.15, 0.2) is 52.7 Å². The summed E-state index contributed by atoms with van der Waals surface area (Å²) in [5.74, 6) is -2.28. The number of aliphatic hydroxyl groups excluding tert-OH is 2. The maximum atomic E-state index is 13.4. The quantitative estimate of drug-likeness (QED) is 0.0232. The highest BCUT2D eigenvalue weighted by Crippen LogP contribution is 2.38. The average molecular weight is 1360 g/mol. The predicted octanol–water partition coefficient (Wildman–Crippen LogP) is 10.5. The van der Waals surface area contributed by atoms with Crippen LogP contribution in [0.4, 0.5) is 0 Å². The van der Waals surface area contributed by atoms with Crippen LogP contribution in [0.25, 0.3) is 10.4 Å². The number of alkyl halides is 1. The molecule has 21 nitrogen and oxygen atoms in total. The molecule has 88 heavy (non-hydrogen) atoms. The van der Waals surface area contributed by atoms with E-state index in [2.05, 4.69) is 38.7 Å². The van der Waals surface area contributed by atoms with Gasteiger partial charge >= 0.3 is 11.9 Å². The Morgan fingerprint density at radius 2 is 1.00 bits per heavy atom. The van der Waals surface area contributed by atoms with Crippen LogP contribution in [-0.2, 0) is 66.5 Å². The van der Waals surface area contributed by atoms with Gasteiger partial charge in [-0.3, -0.25) is 19.2 Å². The molecule has 0 aromatic heterocycles. The Labute approximate surface area is 540 Å². The SMILES string of the molecule is CC[C@H]1OC(=O)CC[C@H](C)[C@@H](OC2OC(C)CC(N(C)C)C2O)[C@@H](CC(OC)OC)C[C@@H](C)C(=O)/C=C/C(C)=C/[C@@H]1CI.CC[C@H]1OC(=O)CC[C@H](C)[C@@H](OC2OC(C)CC(N(C)C)C2O)[C@@H](CC(OC)OC)C[C@@H](C)C(=O)/C=C/C(C)=C/[C@@H]1CN=[N+]=[N-]. The Kier molecular flexibility index (Phi) is 36.6. The fourth-order valence-corrected chi connectivity index (χ4v) is 13.4. The fraction of sp³-hybridized carbons (Fsp3) is 0.818. The van der Waals surface area contributed by atoms with Gasteiger partial charge in [0.05, 0.1) is 24.4 Å². The number of nitrogens with zero attached hydrogens (tertiary/aromatic N) is 5. The van der Waals surface area contributed by atoms with Gasteiger partial charge in [0.25, 0.3) is 0 Å². The van der Waals surface area contributed by atoms with E-state index in [1.54, 1.807) is 46.7 Å². The van der Waals surface area contributed by atoms with E-state index in [9.17, 15) is 29.4 Å². The Balaban J connectivity index is 0.000000461. The zero-order chi connectivity index (χ0) is 65.9. The van der Waals surface area contributed by atoms with E-state index in [4.69, 9.17) is 52.9 Å². The summed E-state index contributed by atoms with van der Waals surface area (Å²) in [5.41, 5.74) is 10.7. The van der Waals surface area contributed by atoms with Gasteiger partial charge in [0.2, 0.25) is 0 Å². The first-order valence-corrected chi connectivity index (χ1v) is 33.4. The molecule has 0 amide bonds. The van der Waals surface area contributed by atoms with Gasteiger partial charge in [-0.15, -0.1) is 0 Å². The van der Waals surface area contributed by atoms with Crippen LogP contribution in [0.5, 0.6) is 0 Å². The number of ether oxygens (including phenoxy) is 10. The third kappa shape index (κ3) is 25.7. The van der Waals surface area contributed by atoms with Crippen molar-refractivity contribution in [3.63, 3.8) is 0 Å². The molecule has 8 unspecified atom stereocenters. The van der Waals surface area contributed by atoms with E-state index in [0.717, 1.165) is 15.6 Å². The molecule has 4 aliphatic heterocycles. The third-order valence-electron chi connectivity index (χ3n) is 18.0. The van der Waals surface area contributed by atoms with E-state index in [1.165, 1.54) is 0 Å². The number of halogens is 1. The molecule has 2 N–H and O–H groups in total. The van der Waals surface area contributed by atoms with Gasteiger partial charge in [-0.1, -0.05) is 105 Å². The number of hydrogen-bond donors (Lipinski definition) is 2. The monoisotopic (exact) mass is 1360 g/mol. The Bertz CT molecular complexity index is 2270. The first-order valence-electron chi connectivity index (χ1n) is 31.9. The van der Waals surface area contributed by atoms with Crippen LogP contribution in [0.3, 0.4) is 0 Å². The molecule has 0 radical (unpaired) electrons. The number of allylic oxidation sites excluding steroid dienone is 6. The normalized spacial score (nSPS) is 36.9. The van der Waals surface area contributed by atoms with Crippen molar-refractivity contribution in [3.05, 3.63) is 58.0 Å². The zero-order valence-corrected chi connectivity index (χ0v) is 58.4. The molecule has 4 heterocycles. The summed E-state index contributed by atoms with van der Waals surface area (Å²) in [6.45, 7) is 19.7. The molecule has 0 saturated carbocycles. The molecule has 22 heteroatoms. The average Bonchev–Trinajstić information content (AvgIpc) is 1.45. The Morgan fingerprint density at radius 1 is 0.625 bits per heavy atom. The smallest absolute Gasteiger partial charge is 0.306 e. The molecular weight excluding hydrogens is 1250 g/mol. The number of carbonyl (C=O) groups is 4. The van der Waals surface area contributed by atoms with Gasteiger partial charge in [0.15, 0.2) is 36.7 Å². The lowest BCUT2D eigenvalue weighted by molar-refractivity contribution is -0.282. The summed E-state index contributed by atoms with van der Waals surface area (Å²) < 4.78 is 60.8. The van der Waals surface area contributed by atoms with E-state index in [1.807, 2.05) is 119 Å². The topological polar surface area (TPSA) is 256 Å². The summed E-state index contributed by atoms with van der Waals surface area (Å²) in [6.07, 6.45) is 10.0. The van der Waals surface area contributed by atoms with Crippen LogP contribution in [-0.4, -0.2) is 197 Å². The van der Waals surface area contributed by atoms with Gasteiger partial charge in [0.1, 0.15) is 24.4 Å². The zero-order valence-electron chi connectivity index (χ0n) is 56.3. The molecule has 0 aromatic rings. The second-order valence-corrected chi connectivity index (χ2v) is 26.4. The van der Waals surface area contributed by atoms with Crippen molar-refractivity contribution in [1.82, 2.24) is 9.80 Å². The number of hydrogen-bond acceptors (Lipinski definition) is 19. The third-order valence-corrected chi connectivity index (χ3v) is 19.0. The fourth-order valence-electron chi connectivity index (χ4n) is 12.6. The number of aliphatic hydroxyl groups is 2. The van der Waals surface area contributed by atoms with Gasteiger partial charge < -0.3 is 67.4 Å². The number of ketones is 2. The van der Waals surface area contributed by atoms with Crippen molar-refractivity contribution in [2.24, 2.45) is 52.5 Å². The first kappa shape index (κ1) is 79.0. The molecule has 0 aromatic carbocycles. The number of carbonyl (C=O) groups excluding carboxylic acids is 4. The van der Waals surface area contributed by atoms with Gasteiger partial charge in [-0.25, -0.2) is 0 Å². The first-order chi connectivity index (χ1) is 41.7. The highest BCUT2D eigenvalue weighted by Gasteiger charge is 2.45. The minimum atomic E-state index is -0.901. The lowest BCUT2D eigenvalue weighted by Crippen LogP contribution is -2.56. The summed E-state index contributed by atoms with van der Waals surface area (Å²) in [4.78, 5) is 60.0. The second kappa shape index (κ2) is 40.7. The number of azide groups is 1. The molecule has 2 fully saturated rings. The number of cyclic esters (lactones) is 2.